The minimum Gasteiger partial charge on any atom is -0.486 e. The van der Waals surface area contributed by atoms with Gasteiger partial charge >= 0.3 is 0 Å². The highest BCUT2D eigenvalue weighted by Gasteiger charge is 2.31. The highest BCUT2D eigenvalue weighted by molar-refractivity contribution is 7.89. The summed E-state index contributed by atoms with van der Waals surface area (Å²) in [6.45, 7) is 2.05. The van der Waals surface area contributed by atoms with Crippen LogP contribution in [0, 0.1) is 0 Å². The Labute approximate surface area is 145 Å². The minimum atomic E-state index is -3.49. The summed E-state index contributed by atoms with van der Waals surface area (Å²) >= 11 is 1.69. The number of fused-ring (bicyclic) bond motifs is 1. The highest BCUT2D eigenvalue weighted by atomic mass is 32.2. The standard InChI is InChI=1S/C17H19NO4S2/c19-24(20,15-1-2-16-17(11-15)22-9-8-21-16)18-6-3-13(4-7-18)14-5-10-23-12-14/h1-2,5,10-13H,3-4,6-9H2. The molecule has 0 amide bonds. The van der Waals surface area contributed by atoms with E-state index in [1.807, 2.05) is 0 Å². The van der Waals surface area contributed by atoms with Crippen molar-refractivity contribution in [1.82, 2.24) is 4.31 Å². The number of hydrogen-bond donors (Lipinski definition) is 0. The summed E-state index contributed by atoms with van der Waals surface area (Å²) in [5.74, 6) is 1.58. The van der Waals surface area contributed by atoms with Crippen molar-refractivity contribution < 1.29 is 17.9 Å². The van der Waals surface area contributed by atoms with Crippen LogP contribution in [0.2, 0.25) is 0 Å². The molecular weight excluding hydrogens is 346 g/mol. The van der Waals surface area contributed by atoms with Gasteiger partial charge in [-0.3, -0.25) is 0 Å². The van der Waals surface area contributed by atoms with Gasteiger partial charge in [-0.2, -0.15) is 15.6 Å². The third-order valence-corrected chi connectivity index (χ3v) is 7.22. The van der Waals surface area contributed by atoms with E-state index in [0.717, 1.165) is 12.8 Å². The number of hydrogen-bond acceptors (Lipinski definition) is 5. The van der Waals surface area contributed by atoms with Crippen LogP contribution in [0.1, 0.15) is 24.3 Å². The predicted molar refractivity (Wildman–Crippen MR) is 92.5 cm³/mol. The summed E-state index contributed by atoms with van der Waals surface area (Å²) in [5.41, 5.74) is 1.33. The first-order chi connectivity index (χ1) is 11.6. The van der Waals surface area contributed by atoms with Crippen LogP contribution < -0.4 is 9.47 Å². The van der Waals surface area contributed by atoms with Gasteiger partial charge in [0.15, 0.2) is 11.5 Å². The second kappa shape index (κ2) is 6.38. The summed E-state index contributed by atoms with van der Waals surface area (Å²) in [4.78, 5) is 0.278. The zero-order chi connectivity index (χ0) is 16.6. The molecule has 4 rings (SSSR count). The van der Waals surface area contributed by atoms with Gasteiger partial charge in [0, 0.05) is 19.2 Å². The summed E-state index contributed by atoms with van der Waals surface area (Å²) in [6.07, 6.45) is 1.72. The third-order valence-electron chi connectivity index (χ3n) is 4.62. The van der Waals surface area contributed by atoms with Crippen molar-refractivity contribution in [2.45, 2.75) is 23.7 Å². The SMILES string of the molecule is O=S(=O)(c1ccc2c(c1)OCCO2)N1CCC(c2ccsc2)CC1. The predicted octanol–water partition coefficient (Wildman–Crippen LogP) is 3.09. The molecule has 1 aromatic carbocycles. The van der Waals surface area contributed by atoms with E-state index in [0.29, 0.717) is 43.7 Å². The lowest BCUT2D eigenvalue weighted by Gasteiger charge is -2.31. The van der Waals surface area contributed by atoms with E-state index in [1.54, 1.807) is 33.8 Å². The number of sulfonamides is 1. The second-order valence-corrected chi connectivity index (χ2v) is 8.76. The summed E-state index contributed by atoms with van der Waals surface area (Å²) in [5, 5.41) is 4.24. The van der Waals surface area contributed by atoms with E-state index in [-0.39, 0.29) is 4.90 Å². The zero-order valence-electron chi connectivity index (χ0n) is 13.2. The Morgan fingerprint density at radius 1 is 1.04 bits per heavy atom. The Balaban J connectivity index is 1.51. The number of ether oxygens (including phenoxy) is 2. The van der Waals surface area contributed by atoms with Gasteiger partial charge in [-0.1, -0.05) is 0 Å². The zero-order valence-corrected chi connectivity index (χ0v) is 14.8. The molecule has 0 N–H and O–H groups in total. The highest BCUT2D eigenvalue weighted by Crippen LogP contribution is 2.35. The van der Waals surface area contributed by atoms with Crippen LogP contribution in [0.15, 0.2) is 39.9 Å². The van der Waals surface area contributed by atoms with Crippen LogP contribution in [-0.4, -0.2) is 39.0 Å². The fourth-order valence-electron chi connectivity index (χ4n) is 3.27. The molecule has 7 heteroatoms. The number of nitrogens with zero attached hydrogens (tertiary/aromatic N) is 1. The molecule has 0 unspecified atom stereocenters. The fraction of sp³-hybridized carbons (Fsp3) is 0.412. The molecule has 0 atom stereocenters. The molecule has 0 bridgehead atoms. The van der Waals surface area contributed by atoms with E-state index in [2.05, 4.69) is 16.8 Å². The lowest BCUT2D eigenvalue weighted by molar-refractivity contribution is 0.171. The summed E-state index contributed by atoms with van der Waals surface area (Å²) < 4.78 is 38.3. The van der Waals surface area contributed by atoms with Gasteiger partial charge in [0.25, 0.3) is 0 Å². The molecule has 5 nitrogen and oxygen atoms in total. The molecule has 1 fully saturated rings. The van der Waals surface area contributed by atoms with Gasteiger partial charge in [-0.25, -0.2) is 8.42 Å². The van der Waals surface area contributed by atoms with Gasteiger partial charge in [-0.05, 0) is 53.3 Å². The first-order valence-corrected chi connectivity index (χ1v) is 10.4. The Kier molecular flexibility index (Phi) is 4.24. The minimum absolute atomic E-state index is 0.278. The van der Waals surface area contributed by atoms with E-state index >= 15 is 0 Å². The van der Waals surface area contributed by atoms with Crippen LogP contribution in [0.4, 0.5) is 0 Å². The van der Waals surface area contributed by atoms with Crippen LogP contribution in [0.25, 0.3) is 0 Å². The van der Waals surface area contributed by atoms with Gasteiger partial charge in [-0.15, -0.1) is 0 Å². The van der Waals surface area contributed by atoms with E-state index in [9.17, 15) is 8.42 Å². The molecule has 1 aromatic heterocycles. The maximum Gasteiger partial charge on any atom is 0.243 e. The molecule has 2 aliphatic heterocycles. The van der Waals surface area contributed by atoms with Gasteiger partial charge in [0.05, 0.1) is 4.90 Å². The van der Waals surface area contributed by atoms with Crippen molar-refractivity contribution >= 4 is 21.4 Å². The number of benzene rings is 1. The molecule has 24 heavy (non-hydrogen) atoms. The van der Waals surface area contributed by atoms with Crippen LogP contribution in [-0.2, 0) is 10.0 Å². The van der Waals surface area contributed by atoms with Crippen molar-refractivity contribution in [2.75, 3.05) is 26.3 Å². The maximum absolute atomic E-state index is 12.9. The Morgan fingerprint density at radius 2 is 1.79 bits per heavy atom. The number of piperidine rings is 1. The Morgan fingerprint density at radius 3 is 2.50 bits per heavy atom. The van der Waals surface area contributed by atoms with Crippen LogP contribution >= 0.6 is 11.3 Å². The lowest BCUT2D eigenvalue weighted by Crippen LogP contribution is -2.37. The molecular formula is C17H19NO4S2. The van der Waals surface area contributed by atoms with E-state index < -0.39 is 10.0 Å². The molecule has 0 radical (unpaired) electrons. The maximum atomic E-state index is 12.9. The topological polar surface area (TPSA) is 55.8 Å². The van der Waals surface area contributed by atoms with Crippen LogP contribution in [0.5, 0.6) is 11.5 Å². The number of rotatable bonds is 3. The molecule has 0 saturated carbocycles. The molecule has 128 valence electrons. The third kappa shape index (κ3) is 2.92. The summed E-state index contributed by atoms with van der Waals surface area (Å²) in [7, 11) is -3.49. The monoisotopic (exact) mass is 365 g/mol. The van der Waals surface area contributed by atoms with E-state index in [4.69, 9.17) is 9.47 Å². The van der Waals surface area contributed by atoms with Crippen molar-refractivity contribution in [1.29, 1.82) is 0 Å². The lowest BCUT2D eigenvalue weighted by atomic mass is 9.92. The van der Waals surface area contributed by atoms with Gasteiger partial charge < -0.3 is 9.47 Å². The first-order valence-electron chi connectivity index (χ1n) is 8.06. The molecule has 2 aromatic rings. The Bertz CT molecular complexity index is 809. The molecule has 1 saturated heterocycles. The molecule has 0 aliphatic carbocycles. The fourth-order valence-corrected chi connectivity index (χ4v) is 5.50. The Hall–Kier alpha value is -1.57. The molecule has 0 spiro atoms. The van der Waals surface area contributed by atoms with Crippen molar-refractivity contribution in [2.24, 2.45) is 0 Å². The van der Waals surface area contributed by atoms with Crippen molar-refractivity contribution in [3.05, 3.63) is 40.6 Å². The summed E-state index contributed by atoms with van der Waals surface area (Å²) in [6, 6.07) is 7.00. The van der Waals surface area contributed by atoms with Gasteiger partial charge in [0.1, 0.15) is 13.2 Å². The van der Waals surface area contributed by atoms with Crippen LogP contribution in [0.3, 0.4) is 0 Å². The molecule has 2 aliphatic rings. The second-order valence-electron chi connectivity index (χ2n) is 6.04. The van der Waals surface area contributed by atoms with E-state index in [1.165, 1.54) is 5.56 Å². The number of thiophene rings is 1. The average Bonchev–Trinajstić information content (AvgIpc) is 3.16. The van der Waals surface area contributed by atoms with Crippen molar-refractivity contribution in [3.63, 3.8) is 0 Å². The average molecular weight is 365 g/mol. The largest absolute Gasteiger partial charge is 0.486 e. The van der Waals surface area contributed by atoms with Crippen molar-refractivity contribution in [3.8, 4) is 11.5 Å². The smallest absolute Gasteiger partial charge is 0.243 e. The normalized spacial score (nSPS) is 19.3. The quantitative estimate of drug-likeness (QED) is 0.839. The van der Waals surface area contributed by atoms with Gasteiger partial charge in [0.2, 0.25) is 10.0 Å². The molecule has 3 heterocycles. The first kappa shape index (κ1) is 15.9.